The van der Waals surface area contributed by atoms with Crippen LogP contribution >= 0.6 is 27.5 Å². The zero-order valence-electron chi connectivity index (χ0n) is 6.35. The van der Waals surface area contributed by atoms with Gasteiger partial charge in [0.05, 0.1) is 10.2 Å². The van der Waals surface area contributed by atoms with Crippen LogP contribution in [0.5, 0.6) is 0 Å². The van der Waals surface area contributed by atoms with Crippen molar-refractivity contribution in [2.24, 2.45) is 0 Å². The number of hydrogen-bond acceptors (Lipinski definition) is 1. The molecule has 0 aliphatic carbocycles. The van der Waals surface area contributed by atoms with E-state index in [2.05, 4.69) is 28.0 Å². The molecule has 0 bridgehead atoms. The van der Waals surface area contributed by atoms with E-state index in [1.54, 1.807) is 4.68 Å². The SMILES string of the molecule is CCCc1nn(CCl)cc1Br. The summed E-state index contributed by atoms with van der Waals surface area (Å²) in [7, 11) is 0. The molecule has 0 saturated heterocycles. The van der Waals surface area contributed by atoms with Gasteiger partial charge in [-0.3, -0.25) is 4.68 Å². The molecule has 0 saturated carbocycles. The van der Waals surface area contributed by atoms with E-state index >= 15 is 0 Å². The number of aryl methyl sites for hydroxylation is 1. The lowest BCUT2D eigenvalue weighted by molar-refractivity contribution is 0.715. The first-order valence-electron chi connectivity index (χ1n) is 3.55. The summed E-state index contributed by atoms with van der Waals surface area (Å²) in [6.07, 6.45) is 4.01. The fourth-order valence-corrected chi connectivity index (χ4v) is 1.54. The summed E-state index contributed by atoms with van der Waals surface area (Å²) in [4.78, 5) is 0. The molecule has 0 fully saturated rings. The van der Waals surface area contributed by atoms with E-state index in [9.17, 15) is 0 Å². The molecule has 1 aromatic rings. The molecule has 0 aromatic carbocycles. The predicted octanol–water partition coefficient (Wildman–Crippen LogP) is 2.79. The number of aromatic nitrogens is 2. The van der Waals surface area contributed by atoms with E-state index in [-0.39, 0.29) is 0 Å². The Morgan fingerprint density at radius 1 is 1.73 bits per heavy atom. The van der Waals surface area contributed by atoms with E-state index < -0.39 is 0 Å². The minimum Gasteiger partial charge on any atom is -0.256 e. The molecule has 0 N–H and O–H groups in total. The van der Waals surface area contributed by atoms with Crippen LogP contribution in [0.3, 0.4) is 0 Å². The Morgan fingerprint density at radius 2 is 2.45 bits per heavy atom. The first-order chi connectivity index (χ1) is 5.27. The van der Waals surface area contributed by atoms with Crippen molar-refractivity contribution < 1.29 is 0 Å². The summed E-state index contributed by atoms with van der Waals surface area (Å²) in [5, 5.41) is 4.26. The van der Waals surface area contributed by atoms with Gasteiger partial charge in [0, 0.05) is 6.20 Å². The Labute approximate surface area is 79.7 Å². The van der Waals surface area contributed by atoms with Crippen molar-refractivity contribution >= 4 is 27.5 Å². The van der Waals surface area contributed by atoms with Gasteiger partial charge in [-0.15, -0.1) is 11.6 Å². The molecule has 0 atom stereocenters. The van der Waals surface area contributed by atoms with Crippen LogP contribution in [-0.2, 0) is 12.4 Å². The van der Waals surface area contributed by atoms with Crippen molar-refractivity contribution in [3.63, 3.8) is 0 Å². The van der Waals surface area contributed by atoms with Gasteiger partial charge < -0.3 is 0 Å². The molecule has 0 aliphatic heterocycles. The highest BCUT2D eigenvalue weighted by Crippen LogP contribution is 2.16. The van der Waals surface area contributed by atoms with Crippen LogP contribution in [0.4, 0.5) is 0 Å². The normalized spacial score (nSPS) is 10.5. The summed E-state index contributed by atoms with van der Waals surface area (Å²) < 4.78 is 2.77. The second kappa shape index (κ2) is 4.12. The highest BCUT2D eigenvalue weighted by Gasteiger charge is 2.03. The van der Waals surface area contributed by atoms with Gasteiger partial charge in [-0.1, -0.05) is 13.3 Å². The molecule has 0 unspecified atom stereocenters. The van der Waals surface area contributed by atoms with Crippen LogP contribution in [-0.4, -0.2) is 9.78 Å². The topological polar surface area (TPSA) is 17.8 Å². The average molecular weight is 238 g/mol. The highest BCUT2D eigenvalue weighted by atomic mass is 79.9. The van der Waals surface area contributed by atoms with Gasteiger partial charge >= 0.3 is 0 Å². The third-order valence-corrected chi connectivity index (χ3v) is 2.30. The third-order valence-electron chi connectivity index (χ3n) is 1.40. The monoisotopic (exact) mass is 236 g/mol. The van der Waals surface area contributed by atoms with Crippen LogP contribution < -0.4 is 0 Å². The van der Waals surface area contributed by atoms with E-state index in [4.69, 9.17) is 11.6 Å². The Morgan fingerprint density at radius 3 is 2.91 bits per heavy atom. The third kappa shape index (κ3) is 2.20. The Balaban J connectivity index is 2.79. The van der Waals surface area contributed by atoms with E-state index in [0.717, 1.165) is 23.0 Å². The fourth-order valence-electron chi connectivity index (χ4n) is 0.904. The predicted molar refractivity (Wildman–Crippen MR) is 49.8 cm³/mol. The van der Waals surface area contributed by atoms with Gasteiger partial charge in [0.25, 0.3) is 0 Å². The van der Waals surface area contributed by atoms with Crippen molar-refractivity contribution in [3.05, 3.63) is 16.4 Å². The molecular formula is C7H10BrClN2. The zero-order chi connectivity index (χ0) is 8.27. The highest BCUT2D eigenvalue weighted by molar-refractivity contribution is 9.10. The number of alkyl halides is 1. The maximum atomic E-state index is 5.59. The molecule has 62 valence electrons. The van der Waals surface area contributed by atoms with Crippen LogP contribution in [0.25, 0.3) is 0 Å². The largest absolute Gasteiger partial charge is 0.256 e. The van der Waals surface area contributed by atoms with Crippen molar-refractivity contribution in [2.75, 3.05) is 0 Å². The van der Waals surface area contributed by atoms with Crippen molar-refractivity contribution in [2.45, 2.75) is 25.8 Å². The minimum absolute atomic E-state index is 0.419. The van der Waals surface area contributed by atoms with Crippen LogP contribution in [0.2, 0.25) is 0 Å². The lowest BCUT2D eigenvalue weighted by Gasteiger charge is -1.91. The van der Waals surface area contributed by atoms with Gasteiger partial charge in [-0.2, -0.15) is 5.10 Å². The summed E-state index contributed by atoms with van der Waals surface area (Å²) in [6, 6.07) is 0.419. The van der Waals surface area contributed by atoms with Gasteiger partial charge in [0.2, 0.25) is 0 Å². The first kappa shape index (κ1) is 9.07. The number of rotatable bonds is 3. The second-order valence-electron chi connectivity index (χ2n) is 2.33. The molecule has 0 radical (unpaired) electrons. The first-order valence-corrected chi connectivity index (χ1v) is 4.88. The van der Waals surface area contributed by atoms with E-state index in [0.29, 0.717) is 6.00 Å². The maximum absolute atomic E-state index is 5.59. The molecule has 1 aromatic heterocycles. The van der Waals surface area contributed by atoms with Crippen LogP contribution in [0.15, 0.2) is 10.7 Å². The molecule has 1 rings (SSSR count). The van der Waals surface area contributed by atoms with E-state index in [1.165, 1.54) is 0 Å². The lowest BCUT2D eigenvalue weighted by Crippen LogP contribution is -1.93. The summed E-state index contributed by atoms with van der Waals surface area (Å²) >= 11 is 9.01. The summed E-state index contributed by atoms with van der Waals surface area (Å²) in [5.41, 5.74) is 1.09. The molecule has 4 heteroatoms. The molecule has 0 spiro atoms. The van der Waals surface area contributed by atoms with Crippen molar-refractivity contribution in [1.29, 1.82) is 0 Å². The smallest absolute Gasteiger partial charge is 0.115 e. The van der Waals surface area contributed by atoms with Gasteiger partial charge in [-0.05, 0) is 22.4 Å². The quantitative estimate of drug-likeness (QED) is 0.739. The minimum atomic E-state index is 0.419. The fraction of sp³-hybridized carbons (Fsp3) is 0.571. The van der Waals surface area contributed by atoms with Gasteiger partial charge in [0.1, 0.15) is 6.00 Å². The van der Waals surface area contributed by atoms with E-state index in [1.807, 2.05) is 6.20 Å². The van der Waals surface area contributed by atoms with Crippen LogP contribution in [0.1, 0.15) is 19.0 Å². The molecular weight excluding hydrogens is 227 g/mol. The number of hydrogen-bond donors (Lipinski definition) is 0. The average Bonchev–Trinajstić information content (AvgIpc) is 2.33. The summed E-state index contributed by atoms with van der Waals surface area (Å²) in [6.45, 7) is 2.13. The second-order valence-corrected chi connectivity index (χ2v) is 3.43. The lowest BCUT2D eigenvalue weighted by atomic mass is 10.3. The molecule has 0 amide bonds. The summed E-state index contributed by atoms with van der Waals surface area (Å²) in [5.74, 6) is 0. The zero-order valence-corrected chi connectivity index (χ0v) is 8.69. The molecule has 2 nitrogen and oxygen atoms in total. The van der Waals surface area contributed by atoms with Crippen molar-refractivity contribution in [3.8, 4) is 0 Å². The maximum Gasteiger partial charge on any atom is 0.115 e. The number of nitrogens with zero attached hydrogens (tertiary/aromatic N) is 2. The molecule has 1 heterocycles. The molecule has 11 heavy (non-hydrogen) atoms. The number of halogens is 2. The Kier molecular flexibility index (Phi) is 3.40. The molecule has 0 aliphatic rings. The standard InChI is InChI=1S/C7H10BrClN2/c1-2-3-7-6(8)4-11(5-9)10-7/h4H,2-3,5H2,1H3. The Hall–Kier alpha value is -0.0200. The van der Waals surface area contributed by atoms with Gasteiger partial charge in [0.15, 0.2) is 0 Å². The van der Waals surface area contributed by atoms with Crippen molar-refractivity contribution in [1.82, 2.24) is 9.78 Å². The Bertz CT molecular complexity index is 234. The van der Waals surface area contributed by atoms with Gasteiger partial charge in [-0.25, -0.2) is 0 Å². The van der Waals surface area contributed by atoms with Crippen LogP contribution in [0, 0.1) is 0 Å².